The fourth-order valence-electron chi connectivity index (χ4n) is 2.62. The van der Waals surface area contributed by atoms with E-state index >= 15 is 0 Å². The van der Waals surface area contributed by atoms with Gasteiger partial charge in [0.2, 0.25) is 11.9 Å². The SMILES string of the molecule is Cc1cc(N(C)C)nc(Nc2ccc(NC(=O)Cc3ccccc3Cl)cc2)n1. The quantitative estimate of drug-likeness (QED) is 0.646. The summed E-state index contributed by atoms with van der Waals surface area (Å²) in [5.74, 6) is 1.24. The van der Waals surface area contributed by atoms with Gasteiger partial charge in [-0.05, 0) is 42.8 Å². The Hall–Kier alpha value is -3.12. The summed E-state index contributed by atoms with van der Waals surface area (Å²) < 4.78 is 0. The van der Waals surface area contributed by atoms with Crippen LogP contribution in [0.4, 0.5) is 23.1 Å². The molecule has 3 rings (SSSR count). The zero-order chi connectivity index (χ0) is 20.1. The van der Waals surface area contributed by atoms with Gasteiger partial charge in [-0.1, -0.05) is 29.8 Å². The van der Waals surface area contributed by atoms with E-state index in [2.05, 4.69) is 20.6 Å². The number of rotatable bonds is 6. The van der Waals surface area contributed by atoms with Crippen molar-refractivity contribution >= 4 is 40.6 Å². The van der Waals surface area contributed by atoms with Crippen LogP contribution in [0.15, 0.2) is 54.6 Å². The van der Waals surface area contributed by atoms with Gasteiger partial charge in [-0.25, -0.2) is 4.98 Å². The first-order valence-electron chi connectivity index (χ1n) is 8.84. The van der Waals surface area contributed by atoms with E-state index in [-0.39, 0.29) is 12.3 Å². The van der Waals surface area contributed by atoms with Gasteiger partial charge in [0.05, 0.1) is 6.42 Å². The maximum atomic E-state index is 12.2. The van der Waals surface area contributed by atoms with Crippen LogP contribution in [0, 0.1) is 6.92 Å². The Bertz CT molecular complexity index is 973. The highest BCUT2D eigenvalue weighted by Crippen LogP contribution is 2.20. The lowest BCUT2D eigenvalue weighted by Crippen LogP contribution is -2.14. The average Bonchev–Trinajstić information content (AvgIpc) is 2.65. The number of nitrogens with zero attached hydrogens (tertiary/aromatic N) is 3. The molecule has 1 heterocycles. The van der Waals surface area contributed by atoms with E-state index in [4.69, 9.17) is 11.6 Å². The Morgan fingerprint density at radius 1 is 1.04 bits per heavy atom. The lowest BCUT2D eigenvalue weighted by molar-refractivity contribution is -0.115. The van der Waals surface area contributed by atoms with Gasteiger partial charge < -0.3 is 15.5 Å². The summed E-state index contributed by atoms with van der Waals surface area (Å²) in [6.45, 7) is 1.93. The molecule has 7 heteroatoms. The van der Waals surface area contributed by atoms with Crippen LogP contribution >= 0.6 is 11.6 Å². The Kier molecular flexibility index (Phi) is 6.11. The summed E-state index contributed by atoms with van der Waals surface area (Å²) in [7, 11) is 3.87. The zero-order valence-electron chi connectivity index (χ0n) is 16.0. The molecule has 0 radical (unpaired) electrons. The van der Waals surface area contributed by atoms with Gasteiger partial charge in [0.15, 0.2) is 0 Å². The maximum absolute atomic E-state index is 12.2. The molecule has 0 spiro atoms. The fourth-order valence-corrected chi connectivity index (χ4v) is 2.83. The monoisotopic (exact) mass is 395 g/mol. The van der Waals surface area contributed by atoms with E-state index in [1.165, 1.54) is 0 Å². The number of hydrogen-bond acceptors (Lipinski definition) is 5. The Balaban J connectivity index is 1.64. The van der Waals surface area contributed by atoms with Gasteiger partial charge in [0.25, 0.3) is 0 Å². The highest BCUT2D eigenvalue weighted by Gasteiger charge is 2.08. The first kappa shape index (κ1) is 19.6. The molecule has 1 amide bonds. The molecule has 6 nitrogen and oxygen atoms in total. The van der Waals surface area contributed by atoms with Gasteiger partial charge in [-0.2, -0.15) is 4.98 Å². The molecule has 0 fully saturated rings. The van der Waals surface area contributed by atoms with Gasteiger partial charge in [-0.15, -0.1) is 0 Å². The van der Waals surface area contributed by atoms with Crippen LogP contribution in [-0.4, -0.2) is 30.0 Å². The molecule has 0 atom stereocenters. The van der Waals surface area contributed by atoms with Gasteiger partial charge >= 0.3 is 0 Å². The molecular weight excluding hydrogens is 374 g/mol. The summed E-state index contributed by atoms with van der Waals surface area (Å²) in [6, 6.07) is 16.6. The van der Waals surface area contributed by atoms with E-state index in [1.54, 1.807) is 6.07 Å². The number of nitrogens with one attached hydrogen (secondary N) is 2. The van der Waals surface area contributed by atoms with Crippen molar-refractivity contribution in [3.8, 4) is 0 Å². The van der Waals surface area contributed by atoms with Gasteiger partial charge in [0, 0.05) is 42.3 Å². The predicted octanol–water partition coefficient (Wildman–Crippen LogP) is 4.43. The number of aromatic nitrogens is 2. The van der Waals surface area contributed by atoms with E-state index in [0.29, 0.717) is 16.7 Å². The van der Waals surface area contributed by atoms with Crippen molar-refractivity contribution in [2.75, 3.05) is 29.6 Å². The second-order valence-electron chi connectivity index (χ2n) is 6.60. The highest BCUT2D eigenvalue weighted by atomic mass is 35.5. The van der Waals surface area contributed by atoms with E-state index in [0.717, 1.165) is 22.8 Å². The van der Waals surface area contributed by atoms with Gasteiger partial charge in [0.1, 0.15) is 5.82 Å². The van der Waals surface area contributed by atoms with Gasteiger partial charge in [-0.3, -0.25) is 4.79 Å². The number of benzene rings is 2. The van der Waals surface area contributed by atoms with Crippen LogP contribution in [0.5, 0.6) is 0 Å². The lowest BCUT2D eigenvalue weighted by Gasteiger charge is -2.14. The summed E-state index contributed by atoms with van der Waals surface area (Å²) in [6.07, 6.45) is 0.226. The summed E-state index contributed by atoms with van der Waals surface area (Å²) in [5.41, 5.74) is 3.22. The zero-order valence-corrected chi connectivity index (χ0v) is 16.8. The van der Waals surface area contributed by atoms with Crippen molar-refractivity contribution in [1.82, 2.24) is 9.97 Å². The van der Waals surface area contributed by atoms with Crippen molar-refractivity contribution in [2.45, 2.75) is 13.3 Å². The topological polar surface area (TPSA) is 70.2 Å². The maximum Gasteiger partial charge on any atom is 0.229 e. The van der Waals surface area contributed by atoms with Crippen LogP contribution in [0.3, 0.4) is 0 Å². The number of halogens is 1. The third-order valence-electron chi connectivity index (χ3n) is 4.03. The van der Waals surface area contributed by atoms with E-state index in [9.17, 15) is 4.79 Å². The average molecular weight is 396 g/mol. The van der Waals surface area contributed by atoms with Crippen LogP contribution in [0.2, 0.25) is 5.02 Å². The molecule has 28 heavy (non-hydrogen) atoms. The van der Waals surface area contributed by atoms with Crippen LogP contribution in [0.25, 0.3) is 0 Å². The standard InChI is InChI=1S/C21H22ClN5O/c1-14-12-19(27(2)3)26-21(23-14)25-17-10-8-16(9-11-17)24-20(28)13-15-6-4-5-7-18(15)22/h4-12H,13H2,1-3H3,(H,24,28)(H,23,25,26). The highest BCUT2D eigenvalue weighted by molar-refractivity contribution is 6.31. The molecule has 3 aromatic rings. The second-order valence-corrected chi connectivity index (χ2v) is 7.01. The normalized spacial score (nSPS) is 10.4. The van der Waals surface area contributed by atoms with Crippen LogP contribution in [-0.2, 0) is 11.2 Å². The van der Waals surface area contributed by atoms with Crippen LogP contribution in [0.1, 0.15) is 11.3 Å². The predicted molar refractivity (Wildman–Crippen MR) is 115 cm³/mol. The Labute approximate surface area is 169 Å². The molecule has 0 aliphatic heterocycles. The lowest BCUT2D eigenvalue weighted by atomic mass is 10.1. The molecule has 1 aromatic heterocycles. The molecule has 0 aliphatic carbocycles. The molecule has 2 aromatic carbocycles. The molecule has 0 saturated carbocycles. The third kappa shape index (κ3) is 5.20. The molecule has 0 unspecified atom stereocenters. The molecule has 0 bridgehead atoms. The molecule has 144 valence electrons. The second kappa shape index (κ2) is 8.71. The number of carbonyl (C=O) groups excluding carboxylic acids is 1. The minimum absolute atomic E-state index is 0.119. The fraction of sp³-hybridized carbons (Fsp3) is 0.190. The van der Waals surface area contributed by atoms with Crippen molar-refractivity contribution in [2.24, 2.45) is 0 Å². The van der Waals surface area contributed by atoms with E-state index < -0.39 is 0 Å². The van der Waals surface area contributed by atoms with Crippen molar-refractivity contribution in [1.29, 1.82) is 0 Å². The Morgan fingerprint density at radius 3 is 2.39 bits per heavy atom. The first-order chi connectivity index (χ1) is 13.4. The summed E-state index contributed by atoms with van der Waals surface area (Å²) in [4.78, 5) is 23.0. The number of amides is 1. The smallest absolute Gasteiger partial charge is 0.229 e. The molecule has 0 saturated heterocycles. The number of anilines is 4. The minimum Gasteiger partial charge on any atom is -0.363 e. The molecular formula is C21H22ClN5O. The van der Waals surface area contributed by atoms with E-state index in [1.807, 2.05) is 74.4 Å². The van der Waals surface area contributed by atoms with Crippen molar-refractivity contribution < 1.29 is 4.79 Å². The van der Waals surface area contributed by atoms with Crippen LogP contribution < -0.4 is 15.5 Å². The number of hydrogen-bond donors (Lipinski definition) is 2. The number of aryl methyl sites for hydroxylation is 1. The Morgan fingerprint density at radius 2 is 1.71 bits per heavy atom. The summed E-state index contributed by atoms with van der Waals surface area (Å²) >= 11 is 6.11. The van der Waals surface area contributed by atoms with Crippen molar-refractivity contribution in [3.63, 3.8) is 0 Å². The molecule has 0 aliphatic rings. The number of carbonyl (C=O) groups is 1. The largest absolute Gasteiger partial charge is 0.363 e. The summed E-state index contributed by atoms with van der Waals surface area (Å²) in [5, 5.41) is 6.66. The van der Waals surface area contributed by atoms with Crippen molar-refractivity contribution in [3.05, 3.63) is 70.9 Å². The minimum atomic E-state index is -0.119. The molecule has 2 N–H and O–H groups in total. The third-order valence-corrected chi connectivity index (χ3v) is 4.40. The first-order valence-corrected chi connectivity index (χ1v) is 9.22.